The van der Waals surface area contributed by atoms with E-state index in [9.17, 15) is 4.79 Å². The van der Waals surface area contributed by atoms with E-state index in [0.29, 0.717) is 31.1 Å². The summed E-state index contributed by atoms with van der Waals surface area (Å²) in [4.78, 5) is 12.1. The van der Waals surface area contributed by atoms with Crippen LogP contribution in [-0.2, 0) is 22.7 Å². The molecule has 6 heteroatoms. The second-order valence-electron chi connectivity index (χ2n) is 4.60. The van der Waals surface area contributed by atoms with Gasteiger partial charge in [-0.1, -0.05) is 23.4 Å². The molecule has 2 heterocycles. The van der Waals surface area contributed by atoms with Crippen LogP contribution in [0.3, 0.4) is 0 Å². The second kappa shape index (κ2) is 5.78. The molecule has 0 unspecified atom stereocenters. The molecule has 0 spiro atoms. The fourth-order valence-electron chi connectivity index (χ4n) is 2.15. The maximum atomic E-state index is 12.1. The Morgan fingerprint density at radius 1 is 1.43 bits per heavy atom. The summed E-state index contributed by atoms with van der Waals surface area (Å²) in [6.45, 7) is 2.78. The monoisotopic (exact) mass is 285 g/mol. The van der Waals surface area contributed by atoms with Gasteiger partial charge in [0.1, 0.15) is 12.4 Å². The van der Waals surface area contributed by atoms with Crippen molar-refractivity contribution >= 4 is 12.0 Å². The smallest absolute Gasteiger partial charge is 0.335 e. The van der Waals surface area contributed by atoms with Crippen LogP contribution >= 0.6 is 0 Å². The van der Waals surface area contributed by atoms with Crippen molar-refractivity contribution < 1.29 is 14.3 Å². The zero-order chi connectivity index (χ0) is 14.7. The van der Waals surface area contributed by atoms with Gasteiger partial charge in [0.2, 0.25) is 0 Å². The Bertz CT molecular complexity index is 691. The van der Waals surface area contributed by atoms with Gasteiger partial charge in [0, 0.05) is 5.56 Å². The summed E-state index contributed by atoms with van der Waals surface area (Å²) in [5, 5.41) is 7.86. The van der Waals surface area contributed by atoms with Gasteiger partial charge in [-0.15, -0.1) is 5.10 Å². The predicted octanol–water partition coefficient (Wildman–Crippen LogP) is 1.82. The SMILES string of the molecule is CCOC(=O)/C1=C/c2ccccc2OCc2cnnn2C1. The molecule has 1 aromatic heterocycles. The van der Waals surface area contributed by atoms with Crippen molar-refractivity contribution in [2.45, 2.75) is 20.1 Å². The fraction of sp³-hybridized carbons (Fsp3) is 0.267. The van der Waals surface area contributed by atoms with Crippen molar-refractivity contribution in [2.75, 3.05) is 6.61 Å². The summed E-state index contributed by atoms with van der Waals surface area (Å²) in [7, 11) is 0. The van der Waals surface area contributed by atoms with Crippen LogP contribution in [0, 0.1) is 0 Å². The molecule has 0 saturated heterocycles. The number of nitrogens with zero attached hydrogens (tertiary/aromatic N) is 3. The van der Waals surface area contributed by atoms with Crippen LogP contribution in [0.2, 0.25) is 0 Å². The average Bonchev–Trinajstić information content (AvgIpc) is 2.94. The van der Waals surface area contributed by atoms with E-state index in [4.69, 9.17) is 9.47 Å². The number of fused-ring (bicyclic) bond motifs is 2. The fourth-order valence-corrected chi connectivity index (χ4v) is 2.15. The van der Waals surface area contributed by atoms with E-state index >= 15 is 0 Å². The van der Waals surface area contributed by atoms with Gasteiger partial charge in [-0.3, -0.25) is 0 Å². The number of carbonyl (C=O) groups excluding carboxylic acids is 1. The molecular formula is C15H15N3O3. The molecule has 0 N–H and O–H groups in total. The van der Waals surface area contributed by atoms with Crippen molar-refractivity contribution in [1.29, 1.82) is 0 Å². The maximum Gasteiger partial charge on any atom is 0.335 e. The number of hydrogen-bond donors (Lipinski definition) is 0. The third kappa shape index (κ3) is 2.79. The molecule has 0 saturated carbocycles. The molecule has 1 aliphatic heterocycles. The highest BCUT2D eigenvalue weighted by Gasteiger charge is 2.17. The number of rotatable bonds is 2. The Hall–Kier alpha value is -2.63. The molecule has 0 radical (unpaired) electrons. The first-order chi connectivity index (χ1) is 10.3. The molecule has 0 fully saturated rings. The van der Waals surface area contributed by atoms with E-state index in [2.05, 4.69) is 10.3 Å². The molecule has 1 aromatic carbocycles. The quantitative estimate of drug-likeness (QED) is 0.787. The minimum Gasteiger partial charge on any atom is -0.487 e. The van der Waals surface area contributed by atoms with Gasteiger partial charge in [0.05, 0.1) is 30.6 Å². The zero-order valence-electron chi connectivity index (χ0n) is 11.7. The van der Waals surface area contributed by atoms with Gasteiger partial charge in [0.15, 0.2) is 0 Å². The topological polar surface area (TPSA) is 66.2 Å². The molecule has 0 bridgehead atoms. The number of para-hydroxylation sites is 1. The minimum atomic E-state index is -0.351. The van der Waals surface area contributed by atoms with E-state index < -0.39 is 0 Å². The van der Waals surface area contributed by atoms with E-state index in [0.717, 1.165) is 11.3 Å². The number of carbonyl (C=O) groups is 1. The first-order valence-corrected chi connectivity index (χ1v) is 6.75. The second-order valence-corrected chi connectivity index (χ2v) is 4.60. The molecule has 0 atom stereocenters. The number of benzene rings is 1. The Morgan fingerprint density at radius 3 is 3.14 bits per heavy atom. The predicted molar refractivity (Wildman–Crippen MR) is 75.4 cm³/mol. The lowest BCUT2D eigenvalue weighted by atomic mass is 10.1. The molecule has 108 valence electrons. The van der Waals surface area contributed by atoms with Crippen LogP contribution in [0.4, 0.5) is 0 Å². The summed E-state index contributed by atoms with van der Waals surface area (Å²) in [6.07, 6.45) is 3.42. The Labute approximate surface area is 122 Å². The Kier molecular flexibility index (Phi) is 3.68. The van der Waals surface area contributed by atoms with E-state index in [1.165, 1.54) is 0 Å². The highest BCUT2D eigenvalue weighted by molar-refractivity contribution is 5.94. The standard InChI is InChI=1S/C15H15N3O3/c1-2-20-15(19)12-7-11-5-3-4-6-14(11)21-10-13-8-16-17-18(13)9-12/h3-8H,2,9-10H2,1H3/b12-7+. The largest absolute Gasteiger partial charge is 0.487 e. The summed E-state index contributed by atoms with van der Waals surface area (Å²) in [5.74, 6) is 0.365. The number of ether oxygens (including phenoxy) is 2. The van der Waals surface area contributed by atoms with Crippen LogP contribution in [0.15, 0.2) is 36.0 Å². The molecule has 0 aliphatic carbocycles. The first-order valence-electron chi connectivity index (χ1n) is 6.75. The van der Waals surface area contributed by atoms with Crippen molar-refractivity contribution in [3.8, 4) is 5.75 Å². The number of hydrogen-bond acceptors (Lipinski definition) is 5. The van der Waals surface area contributed by atoms with Crippen LogP contribution < -0.4 is 4.74 Å². The van der Waals surface area contributed by atoms with Crippen LogP contribution in [0.5, 0.6) is 5.75 Å². The molecule has 6 nitrogen and oxygen atoms in total. The summed E-state index contributed by atoms with van der Waals surface area (Å²) >= 11 is 0. The highest BCUT2D eigenvalue weighted by Crippen LogP contribution is 2.24. The summed E-state index contributed by atoms with van der Waals surface area (Å²) < 4.78 is 12.5. The van der Waals surface area contributed by atoms with Crippen LogP contribution in [-0.4, -0.2) is 27.6 Å². The number of aromatic nitrogens is 3. The molecule has 1 aliphatic rings. The van der Waals surface area contributed by atoms with Gasteiger partial charge in [0.25, 0.3) is 0 Å². The number of esters is 1. The summed E-state index contributed by atoms with van der Waals surface area (Å²) in [6, 6.07) is 7.57. The van der Waals surface area contributed by atoms with E-state index in [-0.39, 0.29) is 5.97 Å². The van der Waals surface area contributed by atoms with Gasteiger partial charge >= 0.3 is 5.97 Å². The van der Waals surface area contributed by atoms with Gasteiger partial charge in [-0.05, 0) is 19.1 Å². The third-order valence-corrected chi connectivity index (χ3v) is 3.18. The Morgan fingerprint density at radius 2 is 2.29 bits per heavy atom. The van der Waals surface area contributed by atoms with Gasteiger partial charge < -0.3 is 9.47 Å². The van der Waals surface area contributed by atoms with Gasteiger partial charge in [-0.2, -0.15) is 0 Å². The molecule has 0 amide bonds. The third-order valence-electron chi connectivity index (χ3n) is 3.18. The van der Waals surface area contributed by atoms with Gasteiger partial charge in [-0.25, -0.2) is 9.48 Å². The zero-order valence-corrected chi connectivity index (χ0v) is 11.7. The van der Waals surface area contributed by atoms with Crippen molar-refractivity contribution in [1.82, 2.24) is 15.0 Å². The lowest BCUT2D eigenvalue weighted by molar-refractivity contribution is -0.138. The Balaban J connectivity index is 2.06. The normalized spacial score (nSPS) is 16.1. The van der Waals surface area contributed by atoms with E-state index in [1.54, 1.807) is 23.9 Å². The molecular weight excluding hydrogens is 270 g/mol. The van der Waals surface area contributed by atoms with E-state index in [1.807, 2.05) is 24.3 Å². The van der Waals surface area contributed by atoms with Crippen molar-refractivity contribution in [3.05, 3.63) is 47.3 Å². The van der Waals surface area contributed by atoms with Crippen molar-refractivity contribution in [2.24, 2.45) is 0 Å². The van der Waals surface area contributed by atoms with Crippen LogP contribution in [0.1, 0.15) is 18.2 Å². The van der Waals surface area contributed by atoms with Crippen molar-refractivity contribution in [3.63, 3.8) is 0 Å². The molecule has 21 heavy (non-hydrogen) atoms. The minimum absolute atomic E-state index is 0.311. The lowest BCUT2D eigenvalue weighted by Crippen LogP contribution is -2.15. The molecule has 3 rings (SSSR count). The van der Waals surface area contributed by atoms with Crippen LogP contribution in [0.25, 0.3) is 6.08 Å². The average molecular weight is 285 g/mol. The highest BCUT2D eigenvalue weighted by atomic mass is 16.5. The lowest BCUT2D eigenvalue weighted by Gasteiger charge is -2.07. The maximum absolute atomic E-state index is 12.1. The molecule has 2 aromatic rings. The summed E-state index contributed by atoms with van der Waals surface area (Å²) in [5.41, 5.74) is 2.17. The first kappa shape index (κ1) is 13.4.